The van der Waals surface area contributed by atoms with Gasteiger partial charge in [0.25, 0.3) is 0 Å². The molecule has 2 amide bonds. The molecular formula is C17H30N2O10. The number of carbonyl (C=O) groups excluding carboxylic acids is 2. The number of aliphatic hydroxyl groups is 5. The molecule has 0 aromatic carbocycles. The monoisotopic (exact) mass is 422 g/mol. The van der Waals surface area contributed by atoms with Crippen LogP contribution in [0.3, 0.4) is 0 Å². The maximum Gasteiger partial charge on any atom is 0.217 e. The van der Waals surface area contributed by atoms with Crippen LogP contribution in [0.25, 0.3) is 0 Å². The van der Waals surface area contributed by atoms with Crippen molar-refractivity contribution in [3.63, 3.8) is 0 Å². The standard InChI is InChI=1S/C17H30N2O10/c1-6-11(18-7(2)21)15(25)14(24)10(28-6)5-27-17-12(19-8(3)22)16(26)13(23)9(4-20)29-17/h6,9-17,20,23-26H,4-5H2,1-3H3,(H,18,21)(H,19,22)/t6?,9?,10?,11?,12?,13-,14-,15+,16+,17-/m0/s1. The van der Waals surface area contributed by atoms with Crippen molar-refractivity contribution >= 4 is 11.8 Å². The first-order valence-electron chi connectivity index (χ1n) is 9.36. The summed E-state index contributed by atoms with van der Waals surface area (Å²) in [4.78, 5) is 22.7. The molecule has 2 saturated heterocycles. The molecule has 0 spiro atoms. The second-order valence-corrected chi connectivity index (χ2v) is 7.35. The number of hydrogen-bond acceptors (Lipinski definition) is 10. The van der Waals surface area contributed by atoms with Gasteiger partial charge >= 0.3 is 0 Å². The minimum atomic E-state index is -1.47. The molecule has 7 N–H and O–H groups in total. The lowest BCUT2D eigenvalue weighted by Crippen LogP contribution is -2.66. The Morgan fingerprint density at radius 2 is 1.38 bits per heavy atom. The highest BCUT2D eigenvalue weighted by Gasteiger charge is 2.47. The van der Waals surface area contributed by atoms with Gasteiger partial charge in [0.2, 0.25) is 11.8 Å². The Morgan fingerprint density at radius 3 is 1.93 bits per heavy atom. The van der Waals surface area contributed by atoms with Crippen LogP contribution in [0.5, 0.6) is 0 Å². The van der Waals surface area contributed by atoms with E-state index in [9.17, 15) is 35.1 Å². The zero-order valence-corrected chi connectivity index (χ0v) is 16.5. The highest BCUT2D eigenvalue weighted by molar-refractivity contribution is 5.73. The minimum absolute atomic E-state index is 0.295. The molecule has 2 heterocycles. The third-order valence-electron chi connectivity index (χ3n) is 5.04. The number of hydrogen-bond donors (Lipinski definition) is 7. The molecule has 2 fully saturated rings. The molecule has 168 valence electrons. The zero-order chi connectivity index (χ0) is 21.9. The van der Waals surface area contributed by atoms with Gasteiger partial charge in [0.15, 0.2) is 6.29 Å². The van der Waals surface area contributed by atoms with Gasteiger partial charge in [0.1, 0.15) is 42.7 Å². The van der Waals surface area contributed by atoms with Gasteiger partial charge in [-0.15, -0.1) is 0 Å². The Bertz CT molecular complexity index is 578. The Morgan fingerprint density at radius 1 is 0.862 bits per heavy atom. The summed E-state index contributed by atoms with van der Waals surface area (Å²) in [5.41, 5.74) is 0. The summed E-state index contributed by atoms with van der Waals surface area (Å²) in [5, 5.41) is 55.1. The lowest BCUT2D eigenvalue weighted by atomic mass is 9.93. The van der Waals surface area contributed by atoms with Gasteiger partial charge in [0, 0.05) is 13.8 Å². The van der Waals surface area contributed by atoms with Crippen molar-refractivity contribution in [1.82, 2.24) is 10.6 Å². The molecule has 2 rings (SSSR count). The molecular weight excluding hydrogens is 392 g/mol. The van der Waals surface area contributed by atoms with E-state index in [1.54, 1.807) is 6.92 Å². The van der Waals surface area contributed by atoms with Crippen molar-refractivity contribution in [2.24, 2.45) is 0 Å². The Kier molecular flexibility index (Phi) is 8.31. The van der Waals surface area contributed by atoms with Crippen molar-refractivity contribution in [3.05, 3.63) is 0 Å². The molecule has 0 aromatic heterocycles. The van der Waals surface area contributed by atoms with E-state index < -0.39 is 73.6 Å². The minimum Gasteiger partial charge on any atom is -0.394 e. The number of carbonyl (C=O) groups is 2. The molecule has 0 aromatic rings. The van der Waals surface area contributed by atoms with Crippen LogP contribution >= 0.6 is 0 Å². The van der Waals surface area contributed by atoms with Crippen LogP contribution in [0.1, 0.15) is 20.8 Å². The first-order valence-corrected chi connectivity index (χ1v) is 9.36. The lowest BCUT2D eigenvalue weighted by molar-refractivity contribution is -0.284. The second-order valence-electron chi connectivity index (χ2n) is 7.35. The summed E-state index contributed by atoms with van der Waals surface area (Å²) in [5.74, 6) is -0.889. The predicted octanol–water partition coefficient (Wildman–Crippen LogP) is -4.04. The number of rotatable bonds is 6. The zero-order valence-electron chi connectivity index (χ0n) is 16.5. The molecule has 2 aliphatic heterocycles. The Balaban J connectivity index is 2.05. The largest absolute Gasteiger partial charge is 0.394 e. The average Bonchev–Trinajstić information content (AvgIpc) is 2.65. The number of nitrogens with one attached hydrogen (secondary N) is 2. The van der Waals surface area contributed by atoms with Crippen molar-refractivity contribution in [2.75, 3.05) is 13.2 Å². The summed E-state index contributed by atoms with van der Waals surface area (Å²) < 4.78 is 16.6. The fourth-order valence-electron chi connectivity index (χ4n) is 3.53. The summed E-state index contributed by atoms with van der Waals surface area (Å²) in [7, 11) is 0. The van der Waals surface area contributed by atoms with Gasteiger partial charge < -0.3 is 50.4 Å². The summed E-state index contributed by atoms with van der Waals surface area (Å²) in [6.07, 6.45) is -9.67. The second kappa shape index (κ2) is 10.1. The van der Waals surface area contributed by atoms with Crippen LogP contribution < -0.4 is 10.6 Å². The van der Waals surface area contributed by atoms with Crippen LogP contribution in [-0.4, -0.2) is 112 Å². The summed E-state index contributed by atoms with van der Waals surface area (Å²) in [6, 6.07) is -1.95. The van der Waals surface area contributed by atoms with E-state index in [-0.39, 0.29) is 12.5 Å². The molecule has 2 aliphatic rings. The van der Waals surface area contributed by atoms with Crippen molar-refractivity contribution in [2.45, 2.75) is 81.9 Å². The van der Waals surface area contributed by atoms with Gasteiger partial charge in [-0.3, -0.25) is 9.59 Å². The molecule has 5 unspecified atom stereocenters. The van der Waals surface area contributed by atoms with E-state index in [1.807, 2.05) is 0 Å². The number of amides is 2. The van der Waals surface area contributed by atoms with Crippen LogP contribution in [-0.2, 0) is 23.8 Å². The van der Waals surface area contributed by atoms with Crippen LogP contribution in [0.15, 0.2) is 0 Å². The van der Waals surface area contributed by atoms with Gasteiger partial charge in [-0.25, -0.2) is 0 Å². The van der Waals surface area contributed by atoms with Crippen molar-refractivity contribution < 1.29 is 49.3 Å². The van der Waals surface area contributed by atoms with Crippen LogP contribution in [0.2, 0.25) is 0 Å². The molecule has 10 atom stereocenters. The van der Waals surface area contributed by atoms with E-state index in [4.69, 9.17) is 14.2 Å². The molecule has 0 saturated carbocycles. The maximum absolute atomic E-state index is 11.4. The molecule has 12 nitrogen and oxygen atoms in total. The van der Waals surface area contributed by atoms with Crippen LogP contribution in [0.4, 0.5) is 0 Å². The topological polar surface area (TPSA) is 187 Å². The van der Waals surface area contributed by atoms with Gasteiger partial charge in [-0.05, 0) is 6.92 Å². The lowest BCUT2D eigenvalue weighted by Gasteiger charge is -2.44. The van der Waals surface area contributed by atoms with Crippen molar-refractivity contribution in [3.8, 4) is 0 Å². The van der Waals surface area contributed by atoms with Gasteiger partial charge in [-0.1, -0.05) is 0 Å². The summed E-state index contributed by atoms with van der Waals surface area (Å²) in [6.45, 7) is 3.21. The smallest absolute Gasteiger partial charge is 0.217 e. The molecule has 0 radical (unpaired) electrons. The SMILES string of the molecule is CC(=O)NC1C(C)OC(CO[C@H]2OC(CO)[C@H](O)[C@H](O)C2NC(C)=O)[C@H](O)[C@@H]1O. The summed E-state index contributed by atoms with van der Waals surface area (Å²) >= 11 is 0. The highest BCUT2D eigenvalue weighted by Crippen LogP contribution is 2.25. The first kappa shape index (κ1) is 23.9. The van der Waals surface area contributed by atoms with Gasteiger partial charge in [-0.2, -0.15) is 0 Å². The van der Waals surface area contributed by atoms with Gasteiger partial charge in [0.05, 0.1) is 25.4 Å². The molecule has 29 heavy (non-hydrogen) atoms. The normalized spacial score (nSPS) is 42.9. The fourth-order valence-corrected chi connectivity index (χ4v) is 3.53. The molecule has 0 bridgehead atoms. The quantitative estimate of drug-likeness (QED) is 0.222. The van der Waals surface area contributed by atoms with E-state index in [0.29, 0.717) is 0 Å². The Hall–Kier alpha value is -1.38. The number of ether oxygens (including phenoxy) is 3. The molecule has 12 heteroatoms. The first-order chi connectivity index (χ1) is 13.6. The third-order valence-corrected chi connectivity index (χ3v) is 5.04. The number of aliphatic hydroxyl groups excluding tert-OH is 5. The van der Waals surface area contributed by atoms with E-state index in [0.717, 1.165) is 0 Å². The predicted molar refractivity (Wildman–Crippen MR) is 95.3 cm³/mol. The fraction of sp³-hybridized carbons (Fsp3) is 0.882. The van der Waals surface area contributed by atoms with Crippen molar-refractivity contribution in [1.29, 1.82) is 0 Å². The van der Waals surface area contributed by atoms with E-state index >= 15 is 0 Å². The highest BCUT2D eigenvalue weighted by atomic mass is 16.7. The van der Waals surface area contributed by atoms with E-state index in [1.165, 1.54) is 13.8 Å². The van der Waals surface area contributed by atoms with E-state index in [2.05, 4.69) is 10.6 Å². The van der Waals surface area contributed by atoms with Crippen LogP contribution in [0, 0.1) is 0 Å². The third kappa shape index (κ3) is 5.61. The Labute approximate surface area is 167 Å². The molecule has 0 aliphatic carbocycles. The maximum atomic E-state index is 11.4. The average molecular weight is 422 g/mol.